The molecule has 2 aromatic carbocycles. The molecule has 0 aliphatic heterocycles. The number of nitrogens with zero attached hydrogens (tertiary/aromatic N) is 2. The maximum Gasteiger partial charge on any atom is 0.240 e. The average Bonchev–Trinajstić information content (AvgIpc) is 3.07. The third-order valence-corrected chi connectivity index (χ3v) is 4.76. The predicted octanol–water partition coefficient (Wildman–Crippen LogP) is 2.12. The van der Waals surface area contributed by atoms with Gasteiger partial charge in [0.2, 0.25) is 10.0 Å². The Balaban J connectivity index is 2.37. The number of primary sulfonamides is 1. The van der Waals surface area contributed by atoms with Crippen molar-refractivity contribution in [3.05, 3.63) is 65.4 Å². The summed E-state index contributed by atoms with van der Waals surface area (Å²) in [5.41, 5.74) is 7.29. The highest BCUT2D eigenvalue weighted by Crippen LogP contribution is 2.31. The van der Waals surface area contributed by atoms with Crippen molar-refractivity contribution in [3.63, 3.8) is 0 Å². The molecular formula is C16H14ClN5O2S. The Kier molecular flexibility index (Phi) is 4.34. The third kappa shape index (κ3) is 3.41. The molecule has 0 aliphatic rings. The van der Waals surface area contributed by atoms with Gasteiger partial charge in [-0.15, -0.1) is 0 Å². The first kappa shape index (κ1) is 17.2. The number of nitrogens with two attached hydrogens (primary N) is 2. The maximum atomic E-state index is 12.2. The van der Waals surface area contributed by atoms with Crippen LogP contribution in [0.2, 0.25) is 5.02 Å². The largest absolute Gasteiger partial charge is 0.384 e. The summed E-state index contributed by atoms with van der Waals surface area (Å²) in [6.07, 6.45) is 3.04. The zero-order valence-electron chi connectivity index (χ0n) is 12.8. The van der Waals surface area contributed by atoms with E-state index in [0.717, 1.165) is 0 Å². The van der Waals surface area contributed by atoms with Crippen LogP contribution >= 0.6 is 11.6 Å². The van der Waals surface area contributed by atoms with Crippen molar-refractivity contribution in [2.24, 2.45) is 10.9 Å². The molecule has 1 aromatic heterocycles. The summed E-state index contributed by atoms with van der Waals surface area (Å²) in [5.74, 6) is -0.300. The van der Waals surface area contributed by atoms with Gasteiger partial charge in [-0.05, 0) is 41.5 Å². The summed E-state index contributed by atoms with van der Waals surface area (Å²) in [6.45, 7) is 0. The molecule has 0 bridgehead atoms. The van der Waals surface area contributed by atoms with E-state index in [1.807, 2.05) is 0 Å². The average molecular weight is 376 g/mol. The van der Waals surface area contributed by atoms with Gasteiger partial charge in [-0.3, -0.25) is 5.41 Å². The molecule has 25 heavy (non-hydrogen) atoms. The molecule has 5 N–H and O–H groups in total. The second-order valence-electron chi connectivity index (χ2n) is 5.29. The van der Waals surface area contributed by atoms with E-state index in [1.165, 1.54) is 16.9 Å². The first-order valence-electron chi connectivity index (χ1n) is 7.08. The Morgan fingerprint density at radius 2 is 1.84 bits per heavy atom. The predicted molar refractivity (Wildman–Crippen MR) is 96.4 cm³/mol. The first-order valence-corrected chi connectivity index (χ1v) is 9.01. The molecule has 0 spiro atoms. The van der Waals surface area contributed by atoms with Gasteiger partial charge in [0.1, 0.15) is 10.7 Å². The fraction of sp³-hybridized carbons (Fsp3) is 0. The van der Waals surface area contributed by atoms with Gasteiger partial charge in [0.05, 0.1) is 5.69 Å². The lowest BCUT2D eigenvalue weighted by molar-refractivity contribution is 0.596. The fourth-order valence-electron chi connectivity index (χ4n) is 2.48. The van der Waals surface area contributed by atoms with Gasteiger partial charge < -0.3 is 5.73 Å². The molecule has 9 heteroatoms. The van der Waals surface area contributed by atoms with Crippen LogP contribution in [-0.4, -0.2) is 24.0 Å². The van der Waals surface area contributed by atoms with Crippen LogP contribution < -0.4 is 10.9 Å². The lowest BCUT2D eigenvalue weighted by atomic mass is 10.0. The van der Waals surface area contributed by atoms with Crippen molar-refractivity contribution >= 4 is 27.5 Å². The van der Waals surface area contributed by atoms with Crippen LogP contribution in [0.1, 0.15) is 5.56 Å². The number of hydrogen-bond donors (Lipinski definition) is 3. The van der Waals surface area contributed by atoms with Crippen LogP contribution in [0.25, 0.3) is 16.8 Å². The molecular weight excluding hydrogens is 362 g/mol. The molecule has 0 atom stereocenters. The minimum atomic E-state index is -4.09. The molecule has 0 saturated heterocycles. The number of rotatable bonds is 4. The Labute approximate surface area is 149 Å². The fourth-order valence-corrected chi connectivity index (χ4v) is 3.37. The van der Waals surface area contributed by atoms with Gasteiger partial charge >= 0.3 is 0 Å². The number of benzene rings is 2. The third-order valence-electron chi connectivity index (χ3n) is 3.58. The Hall–Kier alpha value is -2.68. The standard InChI is InChI=1S/C16H14ClN5O2S/c17-12-4-2-10(3-5-12)11-8-13(16(18)19)15(22-7-1-6-21-22)14(9-11)25(20,23)24/h1-9H,(H3,18,19)(H2,20,23,24). The van der Waals surface area contributed by atoms with Gasteiger partial charge in [0.15, 0.2) is 0 Å². The van der Waals surface area contributed by atoms with Gasteiger partial charge in [-0.2, -0.15) is 5.10 Å². The minimum Gasteiger partial charge on any atom is -0.384 e. The summed E-state index contributed by atoms with van der Waals surface area (Å²) in [6, 6.07) is 11.5. The normalized spacial score (nSPS) is 11.4. The molecule has 0 unspecified atom stereocenters. The van der Waals surface area contributed by atoms with Crippen LogP contribution in [0.4, 0.5) is 0 Å². The van der Waals surface area contributed by atoms with E-state index < -0.39 is 10.0 Å². The molecule has 128 valence electrons. The molecule has 0 amide bonds. The van der Waals surface area contributed by atoms with Crippen molar-refractivity contribution < 1.29 is 8.42 Å². The molecule has 7 nitrogen and oxygen atoms in total. The van der Waals surface area contributed by atoms with Crippen molar-refractivity contribution in [3.8, 4) is 16.8 Å². The second-order valence-corrected chi connectivity index (χ2v) is 7.25. The monoisotopic (exact) mass is 375 g/mol. The van der Waals surface area contributed by atoms with Crippen molar-refractivity contribution in [1.82, 2.24) is 9.78 Å². The number of sulfonamides is 1. The van der Waals surface area contributed by atoms with Crippen LogP contribution in [-0.2, 0) is 10.0 Å². The smallest absolute Gasteiger partial charge is 0.240 e. The Bertz CT molecular complexity index is 1040. The van der Waals surface area contributed by atoms with Crippen molar-refractivity contribution in [2.45, 2.75) is 4.90 Å². The molecule has 0 fully saturated rings. The van der Waals surface area contributed by atoms with Gasteiger partial charge in [0.25, 0.3) is 0 Å². The van der Waals surface area contributed by atoms with Gasteiger partial charge in [-0.25, -0.2) is 18.2 Å². The first-order chi connectivity index (χ1) is 11.8. The second kappa shape index (κ2) is 6.32. The van der Waals surface area contributed by atoms with E-state index in [1.54, 1.807) is 42.6 Å². The Morgan fingerprint density at radius 1 is 1.16 bits per heavy atom. The molecule has 0 saturated carbocycles. The quantitative estimate of drug-likeness (QED) is 0.476. The van der Waals surface area contributed by atoms with Gasteiger partial charge in [0, 0.05) is 23.0 Å². The number of nitrogens with one attached hydrogen (secondary N) is 1. The number of hydrogen-bond acceptors (Lipinski definition) is 4. The van der Waals surface area contributed by atoms with Crippen LogP contribution in [0.15, 0.2) is 59.8 Å². The SMILES string of the molecule is N=C(N)c1cc(-c2ccc(Cl)cc2)cc(S(N)(=O)=O)c1-n1cccn1. The molecule has 0 aliphatic carbocycles. The van der Waals surface area contributed by atoms with E-state index in [4.69, 9.17) is 27.9 Å². The van der Waals surface area contributed by atoms with Crippen LogP contribution in [0, 0.1) is 5.41 Å². The van der Waals surface area contributed by atoms with Crippen molar-refractivity contribution in [1.29, 1.82) is 5.41 Å². The van der Waals surface area contributed by atoms with E-state index >= 15 is 0 Å². The van der Waals surface area contributed by atoms with E-state index in [9.17, 15) is 8.42 Å². The summed E-state index contributed by atoms with van der Waals surface area (Å²) < 4.78 is 25.7. The summed E-state index contributed by atoms with van der Waals surface area (Å²) in [5, 5.41) is 17.9. The summed E-state index contributed by atoms with van der Waals surface area (Å²) in [7, 11) is -4.09. The lowest BCUT2D eigenvalue weighted by Gasteiger charge is -2.15. The topological polar surface area (TPSA) is 128 Å². The van der Waals surface area contributed by atoms with Crippen molar-refractivity contribution in [2.75, 3.05) is 0 Å². The number of amidine groups is 1. The van der Waals surface area contributed by atoms with Crippen LogP contribution in [0.3, 0.4) is 0 Å². The van der Waals surface area contributed by atoms with E-state index in [0.29, 0.717) is 16.1 Å². The summed E-state index contributed by atoms with van der Waals surface area (Å²) in [4.78, 5) is -0.172. The number of halogens is 1. The highest BCUT2D eigenvalue weighted by atomic mass is 35.5. The lowest BCUT2D eigenvalue weighted by Crippen LogP contribution is -2.21. The van der Waals surface area contributed by atoms with Gasteiger partial charge in [-0.1, -0.05) is 23.7 Å². The number of nitrogen functional groups attached to an aromatic ring is 1. The summed E-state index contributed by atoms with van der Waals surface area (Å²) >= 11 is 5.90. The Morgan fingerprint density at radius 3 is 2.36 bits per heavy atom. The van der Waals surface area contributed by atoms with E-state index in [2.05, 4.69) is 5.10 Å². The highest BCUT2D eigenvalue weighted by Gasteiger charge is 2.22. The number of aromatic nitrogens is 2. The molecule has 0 radical (unpaired) electrons. The van der Waals surface area contributed by atoms with E-state index in [-0.39, 0.29) is 22.0 Å². The van der Waals surface area contributed by atoms with Crippen LogP contribution in [0.5, 0.6) is 0 Å². The molecule has 3 aromatic rings. The molecule has 3 rings (SSSR count). The maximum absolute atomic E-state index is 12.2. The molecule has 1 heterocycles. The zero-order valence-corrected chi connectivity index (χ0v) is 14.4. The minimum absolute atomic E-state index is 0.137. The zero-order chi connectivity index (χ0) is 18.2. The highest BCUT2D eigenvalue weighted by molar-refractivity contribution is 7.89.